The van der Waals surface area contributed by atoms with E-state index in [-0.39, 0.29) is 22.5 Å². The van der Waals surface area contributed by atoms with Gasteiger partial charge in [0.1, 0.15) is 5.58 Å². The van der Waals surface area contributed by atoms with Crippen molar-refractivity contribution in [3.05, 3.63) is 65.9 Å². The molecule has 3 aliphatic carbocycles. The maximum Gasteiger partial charge on any atom is 0.477 e. The molecule has 0 spiro atoms. The Morgan fingerprint density at radius 1 is 1.10 bits per heavy atom. The average molecular weight is 549 g/mol. The van der Waals surface area contributed by atoms with Gasteiger partial charge in [0.2, 0.25) is 10.0 Å². The van der Waals surface area contributed by atoms with Crippen molar-refractivity contribution in [3.8, 4) is 0 Å². The van der Waals surface area contributed by atoms with Crippen molar-refractivity contribution in [3.63, 3.8) is 0 Å². The quantitative estimate of drug-likeness (QED) is 0.395. The molecular weight excluding hydrogens is 513 g/mol. The first kappa shape index (κ1) is 25.8. The third-order valence-electron chi connectivity index (χ3n) is 10.1. The highest BCUT2D eigenvalue weighted by atomic mass is 32.2. The second kappa shape index (κ2) is 9.18. The van der Waals surface area contributed by atoms with Gasteiger partial charge < -0.3 is 18.5 Å². The molecule has 8 rings (SSSR count). The maximum atomic E-state index is 13.8. The van der Waals surface area contributed by atoms with Gasteiger partial charge in [-0.3, -0.25) is 0 Å². The van der Waals surface area contributed by atoms with Gasteiger partial charge in [-0.05, 0) is 85.6 Å². The Bertz CT molecular complexity index is 1500. The lowest BCUT2D eigenvalue weighted by atomic mass is 9.43. The van der Waals surface area contributed by atoms with Gasteiger partial charge in [0.25, 0.3) is 0 Å². The van der Waals surface area contributed by atoms with Gasteiger partial charge in [0, 0.05) is 12.0 Å². The zero-order valence-electron chi connectivity index (χ0n) is 22.8. The summed E-state index contributed by atoms with van der Waals surface area (Å²) in [4.78, 5) is 0.225. The van der Waals surface area contributed by atoms with E-state index in [1.807, 2.05) is 30.3 Å². The molecule has 2 aliphatic heterocycles. The number of benzene rings is 2. The van der Waals surface area contributed by atoms with Crippen molar-refractivity contribution < 1.29 is 26.9 Å². The molecule has 1 N–H and O–H groups in total. The van der Waals surface area contributed by atoms with E-state index in [4.69, 9.17) is 18.5 Å². The van der Waals surface area contributed by atoms with Crippen LogP contribution in [-0.4, -0.2) is 39.8 Å². The third kappa shape index (κ3) is 4.20. The molecule has 2 bridgehead atoms. The third-order valence-corrected chi connectivity index (χ3v) is 11.6. The van der Waals surface area contributed by atoms with Crippen molar-refractivity contribution >= 4 is 28.1 Å². The SMILES string of the molecule is CC1(C)[C@@H]2C[C@H]3OB([C@H](Cc4coc5ccccc45)NS(=O)(=O)c4cccc(C5CCCO5)c4)O[C@@]3(C)[C@H]1C2. The highest BCUT2D eigenvalue weighted by molar-refractivity contribution is 7.89. The van der Waals surface area contributed by atoms with Crippen LogP contribution in [0.5, 0.6) is 0 Å². The summed E-state index contributed by atoms with van der Waals surface area (Å²) in [7, 11) is -4.59. The molecule has 1 aromatic heterocycles. The summed E-state index contributed by atoms with van der Waals surface area (Å²) in [6.45, 7) is 7.50. The average Bonchev–Trinajstić information content (AvgIpc) is 3.67. The summed E-state index contributed by atoms with van der Waals surface area (Å²) in [6, 6.07) is 14.9. The van der Waals surface area contributed by atoms with Crippen LogP contribution in [0.2, 0.25) is 0 Å². The molecule has 5 aliphatic rings. The lowest BCUT2D eigenvalue weighted by Crippen LogP contribution is -2.65. The van der Waals surface area contributed by atoms with Crippen molar-refractivity contribution in [2.75, 3.05) is 6.61 Å². The number of ether oxygens (including phenoxy) is 1. The first-order chi connectivity index (χ1) is 18.6. The van der Waals surface area contributed by atoms with Gasteiger partial charge in [-0.1, -0.05) is 44.2 Å². The normalized spacial score (nSPS) is 32.2. The second-order valence-electron chi connectivity index (χ2n) is 12.6. The summed E-state index contributed by atoms with van der Waals surface area (Å²) < 4.78 is 55.6. The minimum absolute atomic E-state index is 0.0461. The van der Waals surface area contributed by atoms with E-state index in [0.717, 1.165) is 47.8 Å². The first-order valence-corrected chi connectivity index (χ1v) is 15.7. The van der Waals surface area contributed by atoms with Gasteiger partial charge >= 0.3 is 7.12 Å². The van der Waals surface area contributed by atoms with Crippen molar-refractivity contribution in [1.29, 1.82) is 0 Å². The van der Waals surface area contributed by atoms with Crippen LogP contribution in [-0.2, 0) is 30.5 Å². The fourth-order valence-electron chi connectivity index (χ4n) is 7.68. The molecular formula is C30H36BNO6S. The minimum atomic E-state index is -3.88. The molecule has 3 aromatic rings. The summed E-state index contributed by atoms with van der Waals surface area (Å²) >= 11 is 0. The van der Waals surface area contributed by atoms with Crippen LogP contribution in [0.4, 0.5) is 0 Å². The van der Waals surface area contributed by atoms with Gasteiger partial charge in [-0.25, -0.2) is 13.1 Å². The van der Waals surface area contributed by atoms with E-state index in [0.29, 0.717) is 24.9 Å². The van der Waals surface area contributed by atoms with E-state index in [1.54, 1.807) is 24.5 Å². The van der Waals surface area contributed by atoms with Crippen LogP contribution >= 0.6 is 0 Å². The molecule has 5 fully saturated rings. The summed E-state index contributed by atoms with van der Waals surface area (Å²) in [6.07, 6.45) is 5.94. The van der Waals surface area contributed by atoms with Crippen LogP contribution < -0.4 is 4.72 Å². The molecule has 39 heavy (non-hydrogen) atoms. The Kier molecular flexibility index (Phi) is 6.07. The summed E-state index contributed by atoms with van der Waals surface area (Å²) in [5, 5.41) is 0.965. The van der Waals surface area contributed by atoms with Gasteiger partial charge in [-0.15, -0.1) is 0 Å². The molecule has 0 radical (unpaired) electrons. The van der Waals surface area contributed by atoms with Crippen LogP contribution in [0.1, 0.15) is 63.7 Å². The summed E-state index contributed by atoms with van der Waals surface area (Å²) in [5.74, 6) is 0.357. The Labute approximate surface area is 230 Å². The lowest BCUT2D eigenvalue weighted by molar-refractivity contribution is -0.199. The number of para-hydroxylation sites is 1. The molecule has 0 amide bonds. The maximum absolute atomic E-state index is 13.8. The zero-order chi connectivity index (χ0) is 27.0. The number of furan rings is 1. The van der Waals surface area contributed by atoms with Crippen molar-refractivity contribution in [1.82, 2.24) is 4.72 Å². The fourth-order valence-corrected chi connectivity index (χ4v) is 8.96. The fraction of sp³-hybridized carbons (Fsp3) is 0.533. The number of sulfonamides is 1. The minimum Gasteiger partial charge on any atom is -0.464 e. The largest absolute Gasteiger partial charge is 0.477 e. The van der Waals surface area contributed by atoms with Crippen LogP contribution in [0.3, 0.4) is 0 Å². The lowest BCUT2D eigenvalue weighted by Gasteiger charge is -2.64. The predicted octanol–water partition coefficient (Wildman–Crippen LogP) is 5.44. The smallest absolute Gasteiger partial charge is 0.464 e. The first-order valence-electron chi connectivity index (χ1n) is 14.2. The van der Waals surface area contributed by atoms with Gasteiger partial charge in [0.15, 0.2) is 0 Å². The van der Waals surface area contributed by atoms with Gasteiger partial charge in [0.05, 0.1) is 34.9 Å². The van der Waals surface area contributed by atoms with E-state index in [1.165, 1.54) is 0 Å². The molecule has 7 nitrogen and oxygen atoms in total. The van der Waals surface area contributed by atoms with Crippen molar-refractivity contribution in [2.24, 2.45) is 17.3 Å². The number of hydrogen-bond acceptors (Lipinski definition) is 6. The molecule has 2 saturated heterocycles. The van der Waals surface area contributed by atoms with Crippen LogP contribution in [0.15, 0.2) is 64.1 Å². The molecule has 1 unspecified atom stereocenters. The molecule has 206 valence electrons. The van der Waals surface area contributed by atoms with Gasteiger partial charge in [-0.2, -0.15) is 0 Å². The number of hydrogen-bond donors (Lipinski definition) is 1. The Hall–Kier alpha value is -2.17. The van der Waals surface area contributed by atoms with E-state index in [2.05, 4.69) is 25.5 Å². The van der Waals surface area contributed by atoms with Crippen molar-refractivity contribution in [2.45, 2.75) is 81.5 Å². The van der Waals surface area contributed by atoms with E-state index < -0.39 is 28.7 Å². The van der Waals surface area contributed by atoms with E-state index >= 15 is 0 Å². The highest BCUT2D eigenvalue weighted by Crippen LogP contribution is 2.65. The highest BCUT2D eigenvalue weighted by Gasteiger charge is 2.68. The molecule has 6 atom stereocenters. The number of rotatable bonds is 7. The molecule has 3 saturated carbocycles. The molecule has 9 heteroatoms. The molecule has 3 heterocycles. The predicted molar refractivity (Wildman–Crippen MR) is 149 cm³/mol. The second-order valence-corrected chi connectivity index (χ2v) is 14.3. The Balaban J connectivity index is 1.21. The molecule has 2 aromatic carbocycles. The topological polar surface area (TPSA) is 87.0 Å². The van der Waals surface area contributed by atoms with Crippen LogP contribution in [0.25, 0.3) is 11.0 Å². The number of fused-ring (bicyclic) bond motifs is 1. The zero-order valence-corrected chi connectivity index (χ0v) is 23.6. The van der Waals surface area contributed by atoms with E-state index in [9.17, 15) is 8.42 Å². The standard InChI is InChI=1S/C30H36BNO6S/c1-29(2)21-16-26(29)30(3)27(17-21)37-31(38-30)28(15-20-18-36-25-11-5-4-10-23(20)25)32-39(33,34)22-9-6-8-19(14-22)24-12-7-13-35-24/h4-6,8-11,14,18,21,24,26-28,32H,7,12-13,15-17H2,1-3H3/t21-,24?,26-,27+,28-,30-/m0/s1. The Morgan fingerprint density at radius 2 is 1.95 bits per heavy atom. The number of nitrogens with one attached hydrogen (secondary N) is 1. The summed E-state index contributed by atoms with van der Waals surface area (Å²) in [5.41, 5.74) is 2.34. The van der Waals surface area contributed by atoms with Crippen LogP contribution in [0, 0.1) is 17.3 Å². The Morgan fingerprint density at radius 3 is 2.74 bits per heavy atom. The monoisotopic (exact) mass is 549 g/mol.